The fourth-order valence-corrected chi connectivity index (χ4v) is 11.8. The van der Waals surface area contributed by atoms with Crippen molar-refractivity contribution in [3.8, 4) is 23.0 Å². The molecule has 0 spiro atoms. The second kappa shape index (κ2) is 29.2. The fraction of sp³-hybridized carbons (Fsp3) is 0.547. The molecular formula is C64H87N3O11. The van der Waals surface area contributed by atoms with Gasteiger partial charge in [-0.25, -0.2) is 9.59 Å². The molecule has 6 atom stereocenters. The van der Waals surface area contributed by atoms with Gasteiger partial charge in [0.2, 0.25) is 5.79 Å². The second-order valence-corrected chi connectivity index (χ2v) is 22.1. The maximum Gasteiger partial charge on any atom is 0.417 e. The zero-order valence-corrected chi connectivity index (χ0v) is 47.3. The minimum atomic E-state index is -1.55. The number of unbranched alkanes of at least 4 members (excludes halogenated alkanes) is 11. The highest BCUT2D eigenvalue weighted by molar-refractivity contribution is 6.03. The Kier molecular flexibility index (Phi) is 22.3. The van der Waals surface area contributed by atoms with Crippen molar-refractivity contribution in [2.45, 2.75) is 167 Å². The monoisotopic (exact) mass is 1070 g/mol. The molecule has 1 saturated carbocycles. The Morgan fingerprint density at radius 2 is 1.54 bits per heavy atom. The van der Waals surface area contributed by atoms with Gasteiger partial charge in [-0.2, -0.15) is 0 Å². The zero-order valence-electron chi connectivity index (χ0n) is 47.3. The molecule has 14 heteroatoms. The molecule has 78 heavy (non-hydrogen) atoms. The minimum absolute atomic E-state index is 0.0147. The van der Waals surface area contributed by atoms with Crippen molar-refractivity contribution in [1.29, 1.82) is 0 Å². The van der Waals surface area contributed by atoms with Gasteiger partial charge in [-0.05, 0) is 117 Å². The number of amides is 2. The van der Waals surface area contributed by atoms with Gasteiger partial charge in [-0.3, -0.25) is 10.2 Å². The Balaban J connectivity index is 1.36. The molecule has 4 aromatic rings. The maximum atomic E-state index is 15.4. The Bertz CT molecular complexity index is 2640. The Morgan fingerprint density at radius 3 is 2.24 bits per heavy atom. The molecule has 1 aliphatic heterocycles. The van der Waals surface area contributed by atoms with Crippen molar-refractivity contribution in [1.82, 2.24) is 4.90 Å². The van der Waals surface area contributed by atoms with Crippen LogP contribution in [0.15, 0.2) is 108 Å². The SMILES string of the molecule is C=CCO[C@@]12Oc3ccc(OC(=O)Nc4ccc(OC)cc4OC)cc3[C@H]3[C@H](CCCCO)[C@@H](CCCCO)C=C(C(=NOC(C)(C)C)C[C@@H]1N(Cc1cccc4ccccc14)C(=O)OCCCCCCCCCCCC)[C@H]32. The molecular weight excluding hydrogens is 987 g/mol. The van der Waals surface area contributed by atoms with Gasteiger partial charge in [0, 0.05) is 37.2 Å². The molecule has 0 bridgehead atoms. The van der Waals surface area contributed by atoms with Crippen molar-refractivity contribution in [3.05, 3.63) is 114 Å². The molecule has 0 saturated heterocycles. The van der Waals surface area contributed by atoms with Gasteiger partial charge in [-0.1, -0.05) is 137 Å². The number of carbonyl (C=O) groups excluding carboxylic acids is 2. The predicted octanol–water partition coefficient (Wildman–Crippen LogP) is 14.5. The molecule has 0 unspecified atom stereocenters. The molecule has 4 aromatic carbocycles. The quantitative estimate of drug-likeness (QED) is 0.0258. The normalized spacial score (nSPS) is 20.9. The number of benzene rings is 4. The van der Waals surface area contributed by atoms with E-state index in [1.807, 2.05) is 51.1 Å². The number of aliphatic hydroxyl groups excluding tert-OH is 2. The topological polar surface area (TPSA) is 167 Å². The van der Waals surface area contributed by atoms with Gasteiger partial charge in [0.05, 0.1) is 51.3 Å². The summed E-state index contributed by atoms with van der Waals surface area (Å²) in [5.41, 5.74) is 3.04. The first-order valence-corrected chi connectivity index (χ1v) is 28.8. The lowest BCUT2D eigenvalue weighted by Crippen LogP contribution is -2.70. The summed E-state index contributed by atoms with van der Waals surface area (Å²) in [6, 6.07) is 24.0. The van der Waals surface area contributed by atoms with Crippen LogP contribution in [0.2, 0.25) is 0 Å². The predicted molar refractivity (Wildman–Crippen MR) is 308 cm³/mol. The largest absolute Gasteiger partial charge is 0.497 e. The Morgan fingerprint density at radius 1 is 0.833 bits per heavy atom. The van der Waals surface area contributed by atoms with Crippen LogP contribution in [0.4, 0.5) is 15.3 Å². The number of nitrogens with zero attached hydrogens (tertiary/aromatic N) is 2. The standard InChI is InChI=1S/C64H87N3O11/c1-8-10-11-12-13-14-15-16-17-24-39-74-62(71)67(44-47-29-25-28-45-26-18-19-30-50(45)47)58-43-55(66-78-63(3,4)5)52-40-46(27-20-22-36-68)51(31-21-23-37-69)59-53-41-49(33-35-56(53)77-64(58,60(52)59)75-38-9-2)76-61(70)65-54-34-32-48(72-6)42-57(54)73-7/h9,18-19,25-26,28-30,32-35,40-42,46,51,58-60,68-69H,2,8,10-17,20-24,27,31,36-39,43-44H2,1,3-7H3,(H,65,70)/t46-,51+,58-,59+,60+,64+/m0/s1. The van der Waals surface area contributed by atoms with E-state index in [9.17, 15) is 15.0 Å². The lowest BCUT2D eigenvalue weighted by atomic mass is 9.55. The number of anilines is 1. The first kappa shape index (κ1) is 59.6. The molecule has 1 fully saturated rings. The number of nitrogens with one attached hydrogen (secondary N) is 1. The summed E-state index contributed by atoms with van der Waals surface area (Å²) >= 11 is 0. The molecule has 424 valence electrons. The van der Waals surface area contributed by atoms with Crippen LogP contribution in [-0.2, 0) is 20.9 Å². The number of ether oxygens (including phenoxy) is 6. The molecule has 0 aromatic heterocycles. The van der Waals surface area contributed by atoms with Crippen LogP contribution in [0.5, 0.6) is 23.0 Å². The highest BCUT2D eigenvalue weighted by Crippen LogP contribution is 2.62. The number of aliphatic hydroxyl groups is 2. The summed E-state index contributed by atoms with van der Waals surface area (Å²) in [6.07, 6.45) is 18.8. The third kappa shape index (κ3) is 15.2. The van der Waals surface area contributed by atoms with Crippen LogP contribution in [0, 0.1) is 17.8 Å². The van der Waals surface area contributed by atoms with Crippen molar-refractivity contribution in [2.24, 2.45) is 22.9 Å². The summed E-state index contributed by atoms with van der Waals surface area (Å²) in [4.78, 5) is 37.4. The number of allylic oxidation sites excluding steroid dienone is 1. The smallest absolute Gasteiger partial charge is 0.417 e. The van der Waals surface area contributed by atoms with Gasteiger partial charge in [-0.15, -0.1) is 6.58 Å². The fourth-order valence-electron chi connectivity index (χ4n) is 11.8. The second-order valence-electron chi connectivity index (χ2n) is 22.1. The van der Waals surface area contributed by atoms with Gasteiger partial charge in [0.25, 0.3) is 0 Å². The van der Waals surface area contributed by atoms with Crippen LogP contribution >= 0.6 is 0 Å². The maximum absolute atomic E-state index is 15.4. The summed E-state index contributed by atoms with van der Waals surface area (Å²) in [5, 5.41) is 30.2. The van der Waals surface area contributed by atoms with Gasteiger partial charge < -0.3 is 43.5 Å². The van der Waals surface area contributed by atoms with Crippen LogP contribution in [0.3, 0.4) is 0 Å². The number of rotatable bonds is 30. The Hall–Kier alpha value is -6.09. The van der Waals surface area contributed by atoms with E-state index in [2.05, 4.69) is 49.2 Å². The van der Waals surface area contributed by atoms with Crippen LogP contribution < -0.4 is 24.3 Å². The van der Waals surface area contributed by atoms with E-state index in [1.165, 1.54) is 45.6 Å². The first-order chi connectivity index (χ1) is 37.9. The average molecular weight is 1070 g/mol. The molecule has 3 N–H and O–H groups in total. The van der Waals surface area contributed by atoms with Crippen LogP contribution in [-0.4, -0.2) is 91.1 Å². The molecule has 0 radical (unpaired) electrons. The van der Waals surface area contributed by atoms with E-state index in [0.717, 1.165) is 78.8 Å². The highest BCUT2D eigenvalue weighted by atomic mass is 16.7. The number of hydrogen-bond acceptors (Lipinski definition) is 12. The van der Waals surface area contributed by atoms with Gasteiger partial charge >= 0.3 is 12.2 Å². The van der Waals surface area contributed by atoms with E-state index < -0.39 is 35.5 Å². The van der Waals surface area contributed by atoms with Crippen molar-refractivity contribution in [3.63, 3.8) is 0 Å². The van der Waals surface area contributed by atoms with E-state index in [0.29, 0.717) is 41.5 Å². The van der Waals surface area contributed by atoms with E-state index in [-0.39, 0.29) is 62.9 Å². The number of methoxy groups -OCH3 is 2. The average Bonchev–Trinajstić information content (AvgIpc) is 3.56. The van der Waals surface area contributed by atoms with E-state index >= 15 is 4.79 Å². The third-order valence-electron chi connectivity index (χ3n) is 15.5. The third-order valence-corrected chi connectivity index (χ3v) is 15.5. The summed E-state index contributed by atoms with van der Waals surface area (Å²) < 4.78 is 38.2. The number of fused-ring (bicyclic) bond motifs is 3. The molecule has 1 heterocycles. The molecule has 2 amide bonds. The lowest BCUT2D eigenvalue weighted by molar-refractivity contribution is -0.256. The Labute approximate surface area is 463 Å². The zero-order chi connectivity index (χ0) is 55.5. The number of hydrogen-bond donors (Lipinski definition) is 3. The number of carbonyl (C=O) groups is 2. The van der Waals surface area contributed by atoms with E-state index in [1.54, 1.807) is 42.4 Å². The van der Waals surface area contributed by atoms with Crippen LogP contribution in [0.25, 0.3) is 10.8 Å². The summed E-state index contributed by atoms with van der Waals surface area (Å²) in [6.45, 7) is 12.9. The molecule has 2 aliphatic carbocycles. The minimum Gasteiger partial charge on any atom is -0.497 e. The lowest BCUT2D eigenvalue weighted by Gasteiger charge is -2.60. The summed E-state index contributed by atoms with van der Waals surface area (Å²) in [7, 11) is 3.07. The van der Waals surface area contributed by atoms with Crippen molar-refractivity contribution >= 4 is 34.4 Å². The summed E-state index contributed by atoms with van der Waals surface area (Å²) in [5.74, 6) is -0.817. The van der Waals surface area contributed by atoms with E-state index in [4.69, 9.17) is 38.4 Å². The molecule has 14 nitrogen and oxygen atoms in total. The van der Waals surface area contributed by atoms with Crippen molar-refractivity contribution in [2.75, 3.05) is 46.0 Å². The number of oxime groups is 1. The first-order valence-electron chi connectivity index (χ1n) is 28.8. The van der Waals surface area contributed by atoms with Crippen LogP contribution in [0.1, 0.15) is 154 Å². The molecule has 7 rings (SSSR count). The van der Waals surface area contributed by atoms with Crippen molar-refractivity contribution < 1.29 is 53.1 Å². The van der Waals surface area contributed by atoms with Gasteiger partial charge in [0.1, 0.15) is 34.6 Å². The molecule has 3 aliphatic rings. The van der Waals surface area contributed by atoms with Gasteiger partial charge in [0.15, 0.2) is 0 Å². The highest BCUT2D eigenvalue weighted by Gasteiger charge is 2.66.